The quantitative estimate of drug-likeness (QED) is 0.660. The lowest BCUT2D eigenvalue weighted by molar-refractivity contribution is 0.891. The monoisotopic (exact) mass is 259 g/mol. The second-order valence-electron chi connectivity index (χ2n) is 4.00. The predicted octanol–water partition coefficient (Wildman–Crippen LogP) is 2.55. The van der Waals surface area contributed by atoms with E-state index >= 15 is 0 Å². The topological polar surface area (TPSA) is 63.8 Å². The summed E-state index contributed by atoms with van der Waals surface area (Å²) in [6.45, 7) is 0. The number of fused-ring (bicyclic) bond motifs is 1. The standard InChI is InChI=1S/C13H10ClN3O/c14-8-3-1-4-9(7-8)17-11-6-2-5-10(15)12(11)13(18)16-17/h1-7H,15H2,(H,16,18). The second kappa shape index (κ2) is 3.92. The Bertz CT molecular complexity index is 788. The van der Waals surface area contributed by atoms with Crippen LogP contribution in [0.1, 0.15) is 0 Å². The van der Waals surface area contributed by atoms with Gasteiger partial charge in [-0.1, -0.05) is 23.7 Å². The first-order valence-electron chi connectivity index (χ1n) is 5.42. The van der Waals surface area contributed by atoms with Crippen LogP contribution in [0.3, 0.4) is 0 Å². The number of anilines is 1. The number of H-pyrrole nitrogens is 1. The van der Waals surface area contributed by atoms with Gasteiger partial charge in [0.15, 0.2) is 0 Å². The Kier molecular flexibility index (Phi) is 2.38. The fraction of sp³-hybridized carbons (Fsp3) is 0. The molecule has 1 aromatic heterocycles. The third-order valence-corrected chi connectivity index (χ3v) is 3.06. The van der Waals surface area contributed by atoms with Crippen molar-refractivity contribution in [2.45, 2.75) is 0 Å². The molecule has 0 aliphatic carbocycles. The maximum Gasteiger partial charge on any atom is 0.274 e. The number of hydrogen-bond acceptors (Lipinski definition) is 2. The number of nitrogens with zero attached hydrogens (tertiary/aromatic N) is 1. The van der Waals surface area contributed by atoms with Crippen molar-refractivity contribution in [3.8, 4) is 5.69 Å². The first-order chi connectivity index (χ1) is 8.66. The van der Waals surface area contributed by atoms with Gasteiger partial charge in [0.2, 0.25) is 0 Å². The molecule has 1 heterocycles. The van der Waals surface area contributed by atoms with E-state index in [4.69, 9.17) is 17.3 Å². The molecule has 3 rings (SSSR count). The SMILES string of the molecule is Nc1cccc2c1c(=O)[nH]n2-c1cccc(Cl)c1. The fourth-order valence-corrected chi connectivity index (χ4v) is 2.21. The zero-order chi connectivity index (χ0) is 12.7. The molecule has 0 saturated heterocycles. The average molecular weight is 260 g/mol. The Morgan fingerprint density at radius 2 is 1.94 bits per heavy atom. The van der Waals surface area contributed by atoms with Crippen LogP contribution in [-0.2, 0) is 0 Å². The summed E-state index contributed by atoms with van der Waals surface area (Å²) in [4.78, 5) is 11.9. The lowest BCUT2D eigenvalue weighted by Gasteiger charge is -2.04. The van der Waals surface area contributed by atoms with Crippen molar-refractivity contribution < 1.29 is 0 Å². The lowest BCUT2D eigenvalue weighted by Crippen LogP contribution is -2.04. The molecule has 2 aromatic carbocycles. The highest BCUT2D eigenvalue weighted by atomic mass is 35.5. The lowest BCUT2D eigenvalue weighted by atomic mass is 10.2. The summed E-state index contributed by atoms with van der Waals surface area (Å²) in [6, 6.07) is 12.6. The van der Waals surface area contributed by atoms with E-state index in [1.165, 1.54) is 0 Å². The highest BCUT2D eigenvalue weighted by Crippen LogP contribution is 2.21. The first kappa shape index (κ1) is 10.9. The van der Waals surface area contributed by atoms with Crippen LogP contribution >= 0.6 is 11.6 Å². The molecule has 4 nitrogen and oxygen atoms in total. The van der Waals surface area contributed by atoms with Crippen molar-refractivity contribution in [2.24, 2.45) is 0 Å². The average Bonchev–Trinajstić information content (AvgIpc) is 2.68. The highest BCUT2D eigenvalue weighted by molar-refractivity contribution is 6.30. The number of aromatic amines is 1. The molecule has 3 N–H and O–H groups in total. The van der Waals surface area contributed by atoms with Crippen LogP contribution in [0.2, 0.25) is 5.02 Å². The maximum absolute atomic E-state index is 11.9. The third-order valence-electron chi connectivity index (χ3n) is 2.82. The number of nitrogens with two attached hydrogens (primary N) is 1. The van der Waals surface area contributed by atoms with Crippen LogP contribution in [0.25, 0.3) is 16.6 Å². The van der Waals surface area contributed by atoms with Crippen molar-refractivity contribution in [1.29, 1.82) is 0 Å². The van der Waals surface area contributed by atoms with Gasteiger partial charge in [0.1, 0.15) is 0 Å². The van der Waals surface area contributed by atoms with Gasteiger partial charge in [-0.15, -0.1) is 0 Å². The van der Waals surface area contributed by atoms with Gasteiger partial charge in [-0.25, -0.2) is 0 Å². The van der Waals surface area contributed by atoms with E-state index in [0.717, 1.165) is 11.2 Å². The second-order valence-corrected chi connectivity index (χ2v) is 4.43. The smallest absolute Gasteiger partial charge is 0.274 e. The molecule has 0 saturated carbocycles. The molecule has 0 aliphatic heterocycles. The minimum atomic E-state index is -0.205. The van der Waals surface area contributed by atoms with E-state index in [1.807, 2.05) is 24.3 Å². The number of halogens is 1. The summed E-state index contributed by atoms with van der Waals surface area (Å²) in [7, 11) is 0. The molecular formula is C13H10ClN3O. The molecule has 3 aromatic rings. The Balaban J connectivity index is 2.38. The summed E-state index contributed by atoms with van der Waals surface area (Å²) in [5.41, 5.74) is 7.61. The van der Waals surface area contributed by atoms with Crippen molar-refractivity contribution in [1.82, 2.24) is 9.78 Å². The molecule has 0 fully saturated rings. The molecule has 0 amide bonds. The fourth-order valence-electron chi connectivity index (χ4n) is 2.03. The van der Waals surface area contributed by atoms with Gasteiger partial charge >= 0.3 is 0 Å². The van der Waals surface area contributed by atoms with Crippen molar-refractivity contribution >= 4 is 28.2 Å². The van der Waals surface area contributed by atoms with Gasteiger partial charge in [0, 0.05) is 10.7 Å². The van der Waals surface area contributed by atoms with Crippen molar-refractivity contribution in [3.05, 3.63) is 57.8 Å². The van der Waals surface area contributed by atoms with Crippen LogP contribution in [0.15, 0.2) is 47.3 Å². The van der Waals surface area contributed by atoms with E-state index < -0.39 is 0 Å². The van der Waals surface area contributed by atoms with Crippen LogP contribution in [0.5, 0.6) is 0 Å². The van der Waals surface area contributed by atoms with Crippen molar-refractivity contribution in [2.75, 3.05) is 5.73 Å². The van der Waals surface area contributed by atoms with E-state index in [9.17, 15) is 4.79 Å². The van der Waals surface area contributed by atoms with Gasteiger partial charge in [0.25, 0.3) is 5.56 Å². The van der Waals surface area contributed by atoms with Crippen molar-refractivity contribution in [3.63, 3.8) is 0 Å². The first-order valence-corrected chi connectivity index (χ1v) is 5.80. The summed E-state index contributed by atoms with van der Waals surface area (Å²) in [6.07, 6.45) is 0. The van der Waals surface area contributed by atoms with E-state index in [0.29, 0.717) is 16.1 Å². The number of benzene rings is 2. The molecule has 0 bridgehead atoms. The van der Waals surface area contributed by atoms with Crippen LogP contribution in [0.4, 0.5) is 5.69 Å². The Hall–Kier alpha value is -2.20. The molecule has 0 atom stereocenters. The highest BCUT2D eigenvalue weighted by Gasteiger charge is 2.10. The minimum absolute atomic E-state index is 0.205. The third kappa shape index (κ3) is 1.58. The molecule has 90 valence electrons. The van der Waals surface area contributed by atoms with E-state index in [2.05, 4.69) is 5.10 Å². The number of rotatable bonds is 1. The van der Waals surface area contributed by atoms with Crippen LogP contribution in [-0.4, -0.2) is 9.78 Å². The van der Waals surface area contributed by atoms with Gasteiger partial charge in [-0.2, -0.15) is 0 Å². The van der Waals surface area contributed by atoms with Gasteiger partial charge in [0.05, 0.1) is 16.6 Å². The number of nitrogens with one attached hydrogen (secondary N) is 1. The molecular weight excluding hydrogens is 250 g/mol. The number of nitrogen functional groups attached to an aromatic ring is 1. The summed E-state index contributed by atoms with van der Waals surface area (Å²) < 4.78 is 1.68. The largest absolute Gasteiger partial charge is 0.398 e. The molecule has 0 unspecified atom stereocenters. The zero-order valence-electron chi connectivity index (χ0n) is 9.35. The normalized spacial score (nSPS) is 10.9. The van der Waals surface area contributed by atoms with E-state index in [1.54, 1.807) is 22.9 Å². The molecule has 0 radical (unpaired) electrons. The number of hydrogen-bond donors (Lipinski definition) is 2. The summed E-state index contributed by atoms with van der Waals surface area (Å²) in [5, 5.41) is 3.87. The predicted molar refractivity (Wildman–Crippen MR) is 73.3 cm³/mol. The Morgan fingerprint density at radius 3 is 2.72 bits per heavy atom. The maximum atomic E-state index is 11.9. The minimum Gasteiger partial charge on any atom is -0.398 e. The summed E-state index contributed by atoms with van der Waals surface area (Å²) >= 11 is 5.95. The summed E-state index contributed by atoms with van der Waals surface area (Å²) in [5.74, 6) is 0. The van der Waals surface area contributed by atoms with E-state index in [-0.39, 0.29) is 5.56 Å². The van der Waals surface area contributed by atoms with Gasteiger partial charge < -0.3 is 5.73 Å². The van der Waals surface area contributed by atoms with Crippen LogP contribution < -0.4 is 11.3 Å². The molecule has 0 aliphatic rings. The van der Waals surface area contributed by atoms with Crippen LogP contribution in [0, 0.1) is 0 Å². The van der Waals surface area contributed by atoms with Gasteiger partial charge in [-0.05, 0) is 30.3 Å². The Labute approximate surface area is 108 Å². The molecule has 0 spiro atoms. The van der Waals surface area contributed by atoms with Gasteiger partial charge in [-0.3, -0.25) is 14.6 Å². The zero-order valence-corrected chi connectivity index (χ0v) is 10.1. The molecule has 18 heavy (non-hydrogen) atoms. The molecule has 5 heteroatoms. The Morgan fingerprint density at radius 1 is 1.17 bits per heavy atom. The number of aromatic nitrogens is 2.